The normalized spacial score (nSPS) is 58.4. The molecule has 0 aromatic carbocycles. The van der Waals surface area contributed by atoms with Gasteiger partial charge < -0.3 is 78.7 Å². The Bertz CT molecular complexity index is 1590. The molecule has 0 radical (unpaired) electrons. The molecule has 9 aliphatic rings. The van der Waals surface area contributed by atoms with Crippen LogP contribution in [0.4, 0.5) is 0 Å². The molecular weight excluding hydrogens is 796 g/mol. The van der Waals surface area contributed by atoms with Crippen molar-refractivity contribution in [3.63, 3.8) is 0 Å². The van der Waals surface area contributed by atoms with Crippen LogP contribution < -0.4 is 0 Å². The molecule has 4 aliphatic carbocycles. The van der Waals surface area contributed by atoms with E-state index in [0.717, 1.165) is 45.1 Å². The van der Waals surface area contributed by atoms with Crippen LogP contribution in [0.15, 0.2) is 11.6 Å². The van der Waals surface area contributed by atoms with E-state index in [-0.39, 0.29) is 23.0 Å². The van der Waals surface area contributed by atoms with Gasteiger partial charge in [-0.1, -0.05) is 39.3 Å². The van der Waals surface area contributed by atoms with Crippen LogP contribution in [-0.4, -0.2) is 164 Å². The molecule has 348 valence electrons. The molecule has 8 fully saturated rings. The Morgan fingerprint density at radius 1 is 0.689 bits per heavy atom. The average molecular weight is 869 g/mol. The van der Waals surface area contributed by atoms with Gasteiger partial charge in [-0.15, -0.1) is 0 Å². The Balaban J connectivity index is 0.916. The SMILES string of the molecule is CC1CC[C@@]2(OC1)O[C@H]1C[C@H]3[C@@H]4CC=C5C[C@@H](O[C@@H]6O[C@H](CO)[C@@H](O[C@@H]7O[C@@H](C)[C@H](O)[C@@H](O)[C@H]7O)[C@H](O)[C@H]6O[C@@H]6O[C@@H](C)[C@H](O)[C@@H](O)[C@H]6O)CC[C@]5(C)[C@H]4CC[C@]3(C)[C@H]1[C@@H]2C. The summed E-state index contributed by atoms with van der Waals surface area (Å²) in [5.74, 6) is 2.64. The average Bonchev–Trinajstić information content (AvgIpc) is 3.69. The molecule has 5 saturated heterocycles. The number of hydrogen-bond donors (Lipinski definition) is 8. The number of fused-ring (bicyclic) bond motifs is 7. The van der Waals surface area contributed by atoms with Crippen LogP contribution in [0.3, 0.4) is 0 Å². The summed E-state index contributed by atoms with van der Waals surface area (Å²) < 4.78 is 50.1. The number of allylic oxidation sites excluding steroid dienone is 1. The lowest BCUT2D eigenvalue weighted by Crippen LogP contribution is -2.66. The van der Waals surface area contributed by atoms with Gasteiger partial charge in [-0.3, -0.25) is 0 Å². The fourth-order valence-electron chi connectivity index (χ4n) is 14.0. The van der Waals surface area contributed by atoms with Gasteiger partial charge in [-0.25, -0.2) is 0 Å². The van der Waals surface area contributed by atoms with Crippen molar-refractivity contribution in [1.82, 2.24) is 0 Å². The van der Waals surface area contributed by atoms with E-state index in [2.05, 4.69) is 33.8 Å². The lowest BCUT2D eigenvalue weighted by molar-refractivity contribution is -0.388. The molecule has 0 aromatic rings. The highest BCUT2D eigenvalue weighted by atomic mass is 16.8. The number of hydrogen-bond acceptors (Lipinski definition) is 16. The second-order valence-electron chi connectivity index (χ2n) is 21.1. The standard InChI is InChI=1S/C45H72O16/c1-19-9-14-45(54-18-19)20(2)30-28(61-45)16-27-25-8-7-23-15-24(10-12-43(23,5)26(25)11-13-44(27,30)6)57-42-39(60-41-36(52)34(50)32(48)22(4)56-41)37(53)38(29(17-46)58-42)59-40-35(51)33(49)31(47)21(3)55-40/h7,19-22,24-42,46-53H,8-18H2,1-6H3/t19?,20-,21-,22-,24-,25+,26-,27-,28-,29+,30-,31-,32-,33+,34+,35+,36+,37-,38+,39+,40-,41-,42+,43-,44-,45+/m0/s1. The molecule has 8 N–H and O–H groups in total. The van der Waals surface area contributed by atoms with Gasteiger partial charge in [0.2, 0.25) is 0 Å². The van der Waals surface area contributed by atoms with Crippen LogP contribution in [-0.2, 0) is 37.9 Å². The molecule has 0 bridgehead atoms. The zero-order chi connectivity index (χ0) is 43.5. The summed E-state index contributed by atoms with van der Waals surface area (Å²) in [7, 11) is 0. The second kappa shape index (κ2) is 16.8. The molecular formula is C45H72O16. The highest BCUT2D eigenvalue weighted by molar-refractivity contribution is 5.26. The molecule has 1 spiro atoms. The summed E-state index contributed by atoms with van der Waals surface area (Å²) in [6.45, 7) is 12.7. The van der Waals surface area contributed by atoms with Crippen molar-refractivity contribution in [2.75, 3.05) is 13.2 Å². The number of aliphatic hydroxyl groups excluding tert-OH is 8. The Kier molecular flexibility index (Phi) is 12.4. The summed E-state index contributed by atoms with van der Waals surface area (Å²) in [6, 6.07) is 0. The van der Waals surface area contributed by atoms with Gasteiger partial charge in [0.05, 0.1) is 37.6 Å². The fourth-order valence-corrected chi connectivity index (χ4v) is 14.0. The topological polar surface area (TPSA) is 236 Å². The first-order valence-electron chi connectivity index (χ1n) is 23.2. The van der Waals surface area contributed by atoms with Crippen molar-refractivity contribution < 1.29 is 78.7 Å². The zero-order valence-electron chi connectivity index (χ0n) is 36.5. The zero-order valence-corrected chi connectivity index (χ0v) is 36.5. The van der Waals surface area contributed by atoms with Crippen LogP contribution in [0.2, 0.25) is 0 Å². The molecule has 16 heteroatoms. The molecule has 5 heterocycles. The first kappa shape index (κ1) is 45.3. The van der Waals surface area contributed by atoms with Crippen molar-refractivity contribution in [3.8, 4) is 0 Å². The Morgan fingerprint density at radius 2 is 1.34 bits per heavy atom. The summed E-state index contributed by atoms with van der Waals surface area (Å²) in [4.78, 5) is 0. The molecule has 3 saturated carbocycles. The van der Waals surface area contributed by atoms with Gasteiger partial charge in [0.15, 0.2) is 24.7 Å². The highest BCUT2D eigenvalue weighted by Gasteiger charge is 2.69. The minimum absolute atomic E-state index is 0.0171. The summed E-state index contributed by atoms with van der Waals surface area (Å²) in [6.07, 6.45) is -10.4. The van der Waals surface area contributed by atoms with Gasteiger partial charge in [0.1, 0.15) is 61.0 Å². The van der Waals surface area contributed by atoms with Crippen molar-refractivity contribution in [1.29, 1.82) is 0 Å². The maximum atomic E-state index is 12.0. The number of ether oxygens (including phenoxy) is 8. The van der Waals surface area contributed by atoms with E-state index in [1.54, 1.807) is 0 Å². The fraction of sp³-hybridized carbons (Fsp3) is 0.956. The van der Waals surface area contributed by atoms with Crippen molar-refractivity contribution in [2.24, 2.45) is 46.3 Å². The number of rotatable bonds is 7. The maximum absolute atomic E-state index is 12.0. The van der Waals surface area contributed by atoms with E-state index in [1.807, 2.05) is 0 Å². The molecule has 1 unspecified atom stereocenters. The van der Waals surface area contributed by atoms with Gasteiger partial charge in [-0.05, 0) is 106 Å². The van der Waals surface area contributed by atoms with Crippen molar-refractivity contribution in [3.05, 3.63) is 11.6 Å². The predicted octanol–water partition coefficient (Wildman–Crippen LogP) is 1.24. The van der Waals surface area contributed by atoms with Crippen LogP contribution in [0.5, 0.6) is 0 Å². The molecule has 16 nitrogen and oxygen atoms in total. The summed E-state index contributed by atoms with van der Waals surface area (Å²) in [5, 5.41) is 85.9. The first-order chi connectivity index (χ1) is 28.9. The Morgan fingerprint density at radius 3 is 1.97 bits per heavy atom. The van der Waals surface area contributed by atoms with E-state index in [0.29, 0.717) is 48.3 Å². The molecule has 61 heavy (non-hydrogen) atoms. The number of aliphatic hydroxyl groups is 8. The third-order valence-corrected chi connectivity index (χ3v) is 17.6. The van der Waals surface area contributed by atoms with E-state index >= 15 is 0 Å². The van der Waals surface area contributed by atoms with Crippen LogP contribution >= 0.6 is 0 Å². The molecule has 5 aliphatic heterocycles. The first-order valence-corrected chi connectivity index (χ1v) is 23.2. The lowest BCUT2D eigenvalue weighted by Gasteiger charge is -2.58. The quantitative estimate of drug-likeness (QED) is 0.168. The van der Waals surface area contributed by atoms with Crippen LogP contribution in [0.25, 0.3) is 0 Å². The van der Waals surface area contributed by atoms with Crippen molar-refractivity contribution >= 4 is 0 Å². The molecule has 9 rings (SSSR count). The van der Waals surface area contributed by atoms with Gasteiger partial charge in [-0.2, -0.15) is 0 Å². The monoisotopic (exact) mass is 868 g/mol. The lowest BCUT2D eigenvalue weighted by atomic mass is 9.47. The van der Waals surface area contributed by atoms with Crippen LogP contribution in [0.1, 0.15) is 99.3 Å². The van der Waals surface area contributed by atoms with E-state index in [4.69, 9.17) is 37.9 Å². The van der Waals surface area contributed by atoms with Crippen LogP contribution in [0, 0.1) is 46.3 Å². The third-order valence-electron chi connectivity index (χ3n) is 17.6. The molecule has 0 amide bonds. The Hall–Kier alpha value is -0.900. The van der Waals surface area contributed by atoms with E-state index in [1.165, 1.54) is 25.8 Å². The van der Waals surface area contributed by atoms with Gasteiger partial charge in [0.25, 0.3) is 0 Å². The van der Waals surface area contributed by atoms with Gasteiger partial charge >= 0.3 is 0 Å². The third kappa shape index (κ3) is 7.42. The highest BCUT2D eigenvalue weighted by Crippen LogP contribution is 2.70. The smallest absolute Gasteiger partial charge is 0.187 e. The Labute approximate surface area is 358 Å². The maximum Gasteiger partial charge on any atom is 0.187 e. The van der Waals surface area contributed by atoms with E-state index < -0.39 is 105 Å². The summed E-state index contributed by atoms with van der Waals surface area (Å²) in [5.41, 5.74) is 1.53. The molecule has 0 aromatic heterocycles. The largest absolute Gasteiger partial charge is 0.394 e. The molecule has 26 atom stereocenters. The summed E-state index contributed by atoms with van der Waals surface area (Å²) >= 11 is 0. The second-order valence-corrected chi connectivity index (χ2v) is 21.1. The van der Waals surface area contributed by atoms with E-state index in [9.17, 15) is 40.9 Å². The minimum atomic E-state index is -1.71. The van der Waals surface area contributed by atoms with Gasteiger partial charge in [0, 0.05) is 12.3 Å². The van der Waals surface area contributed by atoms with Crippen molar-refractivity contribution in [2.45, 2.75) is 209 Å². The minimum Gasteiger partial charge on any atom is -0.394 e. The predicted molar refractivity (Wildman–Crippen MR) is 213 cm³/mol.